The Bertz CT molecular complexity index is 1010. The summed E-state index contributed by atoms with van der Waals surface area (Å²) < 4.78 is 1.91. The number of nitrogens with one attached hydrogen (secondary N) is 1. The fourth-order valence-corrected chi connectivity index (χ4v) is 3.48. The van der Waals surface area contributed by atoms with Crippen LogP contribution in [0.1, 0.15) is 16.7 Å². The van der Waals surface area contributed by atoms with E-state index in [0.717, 1.165) is 16.0 Å². The van der Waals surface area contributed by atoms with Gasteiger partial charge in [-0.25, -0.2) is 9.37 Å². The first-order valence-electron chi connectivity index (χ1n) is 9.41. The molecule has 0 aliphatic carbocycles. The van der Waals surface area contributed by atoms with E-state index in [1.165, 1.54) is 17.5 Å². The first-order valence-corrected chi connectivity index (χ1v) is 9.41. The van der Waals surface area contributed by atoms with Crippen molar-refractivity contribution in [3.05, 3.63) is 65.5 Å². The number of likely N-dealkylation sites (N-methyl/N-ethyl adjacent to an activating group) is 2. The molecule has 0 radical (unpaired) electrons. The number of nitrogens with zero attached hydrogens (tertiary/aromatic N) is 5. The number of amidine groups is 1. The molecule has 1 saturated heterocycles. The number of benzene rings is 1. The number of hydrogen-bond acceptors (Lipinski definition) is 5. The van der Waals surface area contributed by atoms with Gasteiger partial charge in [0.25, 0.3) is 5.91 Å². The largest absolute Gasteiger partial charge is 0.390 e. The number of aliphatic imine (C=N–C) groups is 1. The first kappa shape index (κ1) is 18.8. The highest BCUT2D eigenvalue weighted by Gasteiger charge is 2.51. The summed E-state index contributed by atoms with van der Waals surface area (Å²) in [6.45, 7) is 3.04. The molecule has 1 N–H and O–H groups in total. The zero-order valence-corrected chi connectivity index (χ0v) is 16.7. The van der Waals surface area contributed by atoms with Crippen LogP contribution in [0.15, 0.2) is 53.8 Å². The lowest BCUT2D eigenvalue weighted by Crippen LogP contribution is -2.61. The Morgan fingerprint density at radius 1 is 1.07 bits per heavy atom. The molecule has 2 aliphatic heterocycles. The predicted molar refractivity (Wildman–Crippen MR) is 108 cm³/mol. The number of aromatic nitrogens is 1. The van der Waals surface area contributed by atoms with Crippen LogP contribution in [0.4, 0.5) is 4.79 Å². The molecule has 148 valence electrons. The molecule has 8 nitrogen and oxygen atoms in total. The molecule has 2 aromatic rings. The molecule has 2 aliphatic rings. The number of pyridine rings is 1. The van der Waals surface area contributed by atoms with E-state index >= 15 is 0 Å². The Morgan fingerprint density at radius 3 is 2.52 bits per heavy atom. The molecule has 1 aromatic carbocycles. The fourth-order valence-electron chi connectivity index (χ4n) is 3.48. The van der Waals surface area contributed by atoms with E-state index in [4.69, 9.17) is 0 Å². The summed E-state index contributed by atoms with van der Waals surface area (Å²) in [7, 11) is 3.15. The van der Waals surface area contributed by atoms with E-state index in [1.807, 2.05) is 47.9 Å². The van der Waals surface area contributed by atoms with Gasteiger partial charge in [-0.05, 0) is 18.6 Å². The Balaban J connectivity index is 1.69. The molecule has 0 spiro atoms. The molecule has 1 aromatic heterocycles. The normalized spacial score (nSPS) is 18.9. The molecule has 29 heavy (non-hydrogen) atoms. The van der Waals surface area contributed by atoms with Gasteiger partial charge in [-0.1, -0.05) is 40.9 Å². The van der Waals surface area contributed by atoms with Crippen LogP contribution in [0.5, 0.6) is 0 Å². The summed E-state index contributed by atoms with van der Waals surface area (Å²) in [5.41, 5.74) is 3.23. The van der Waals surface area contributed by atoms with Gasteiger partial charge >= 0.3 is 12.0 Å². The van der Waals surface area contributed by atoms with Crippen LogP contribution in [-0.2, 0) is 17.9 Å². The highest BCUT2D eigenvalue weighted by molar-refractivity contribution is 6.22. The summed E-state index contributed by atoms with van der Waals surface area (Å²) in [4.78, 5) is 36.6. The van der Waals surface area contributed by atoms with Gasteiger partial charge in [0.2, 0.25) is 11.9 Å². The van der Waals surface area contributed by atoms with Crippen molar-refractivity contribution in [1.82, 2.24) is 20.1 Å². The molecular weight excluding hydrogens is 368 g/mol. The van der Waals surface area contributed by atoms with Crippen molar-refractivity contribution in [2.75, 3.05) is 14.1 Å². The Kier molecular flexibility index (Phi) is 4.84. The number of guanidine groups is 1. The maximum absolute atomic E-state index is 12.9. The third kappa shape index (κ3) is 3.49. The molecule has 1 atom stereocenters. The minimum atomic E-state index is -0.639. The topological polar surface area (TPSA) is 80.9 Å². The molecule has 3 amide bonds. The summed E-state index contributed by atoms with van der Waals surface area (Å²) in [6, 6.07) is 11.0. The Morgan fingerprint density at radius 2 is 1.83 bits per heavy atom. The predicted octanol–water partition coefficient (Wildman–Crippen LogP) is 1.35. The monoisotopic (exact) mass is 391 g/mol. The lowest BCUT2D eigenvalue weighted by atomic mass is 10.1. The number of hydrogen-bond donors (Lipinski definition) is 1. The number of carbonyl (C=O) groups is 2. The van der Waals surface area contributed by atoms with Crippen molar-refractivity contribution in [2.45, 2.75) is 26.1 Å². The fraction of sp³-hybridized carbons (Fsp3) is 0.286. The zero-order valence-electron chi connectivity index (χ0n) is 16.7. The first-order chi connectivity index (χ1) is 14.0. The second-order valence-corrected chi connectivity index (χ2v) is 7.26. The number of aryl methyl sites for hydroxylation is 1. The van der Waals surface area contributed by atoms with Crippen molar-refractivity contribution >= 4 is 23.7 Å². The quantitative estimate of drug-likeness (QED) is 0.798. The molecule has 0 saturated carbocycles. The van der Waals surface area contributed by atoms with Crippen LogP contribution in [-0.4, -0.2) is 63.2 Å². The van der Waals surface area contributed by atoms with Crippen molar-refractivity contribution in [3.63, 3.8) is 0 Å². The second-order valence-electron chi connectivity index (χ2n) is 7.26. The van der Waals surface area contributed by atoms with Gasteiger partial charge in [0.05, 0.1) is 13.1 Å². The number of fused-ring (bicyclic) bond motifs is 1. The number of rotatable bonds is 4. The lowest BCUT2D eigenvalue weighted by molar-refractivity contribution is -0.553. The van der Waals surface area contributed by atoms with E-state index in [-0.39, 0.29) is 11.9 Å². The maximum atomic E-state index is 12.9. The van der Waals surface area contributed by atoms with Gasteiger partial charge < -0.3 is 0 Å². The standard InChI is InChI=1S/C21H22N6O2/c1-14-6-8-15(9-7-14)13-27-17-18(25(2)21(29)26(3)19(17)28)24-20(27)23-12-16-5-4-10-22-11-16/h4-11,17H,12-13H2,1-3H3/p+1. The van der Waals surface area contributed by atoms with E-state index in [9.17, 15) is 9.59 Å². The van der Waals surface area contributed by atoms with Crippen molar-refractivity contribution < 1.29 is 14.2 Å². The van der Waals surface area contributed by atoms with Gasteiger partial charge in [-0.15, -0.1) is 0 Å². The molecule has 1 unspecified atom stereocenters. The molecule has 3 heterocycles. The summed E-state index contributed by atoms with van der Waals surface area (Å²) >= 11 is 0. The van der Waals surface area contributed by atoms with Gasteiger partial charge in [0, 0.05) is 32.1 Å². The zero-order chi connectivity index (χ0) is 20.5. The van der Waals surface area contributed by atoms with Crippen LogP contribution in [0.25, 0.3) is 0 Å². The van der Waals surface area contributed by atoms with Crippen LogP contribution < -0.4 is 5.32 Å². The molecular formula is C21H23N6O2+. The van der Waals surface area contributed by atoms with E-state index in [1.54, 1.807) is 19.4 Å². The van der Waals surface area contributed by atoms with E-state index in [0.29, 0.717) is 24.9 Å². The SMILES string of the molecule is Cc1ccc(C[N+]2=C(NCc3cccnc3)N=C3C2C(=O)N(C)C(=O)N3C)cc1. The molecule has 1 fully saturated rings. The highest BCUT2D eigenvalue weighted by atomic mass is 16.2. The number of imide groups is 1. The smallest absolute Gasteiger partial charge is 0.270 e. The van der Waals surface area contributed by atoms with Crippen molar-refractivity contribution in [2.24, 2.45) is 4.99 Å². The van der Waals surface area contributed by atoms with Gasteiger partial charge in [-0.2, -0.15) is 0 Å². The molecule has 0 bridgehead atoms. The van der Waals surface area contributed by atoms with E-state index < -0.39 is 6.04 Å². The van der Waals surface area contributed by atoms with Gasteiger partial charge in [0.15, 0.2) is 0 Å². The Hall–Kier alpha value is -3.55. The van der Waals surface area contributed by atoms with Crippen molar-refractivity contribution in [3.8, 4) is 0 Å². The number of carbonyl (C=O) groups excluding carboxylic acids is 2. The minimum absolute atomic E-state index is 0.280. The maximum Gasteiger partial charge on any atom is 0.390 e. The van der Waals surface area contributed by atoms with Crippen LogP contribution in [0, 0.1) is 6.92 Å². The van der Waals surface area contributed by atoms with Crippen LogP contribution in [0.2, 0.25) is 0 Å². The van der Waals surface area contributed by atoms with Crippen LogP contribution in [0.3, 0.4) is 0 Å². The molecule has 4 rings (SSSR count). The summed E-state index contributed by atoms with van der Waals surface area (Å²) in [5.74, 6) is 0.730. The second kappa shape index (κ2) is 7.46. The molecule has 8 heteroatoms. The lowest BCUT2D eigenvalue weighted by Gasteiger charge is -2.31. The van der Waals surface area contributed by atoms with Gasteiger partial charge in [0.1, 0.15) is 0 Å². The van der Waals surface area contributed by atoms with Gasteiger partial charge in [-0.3, -0.25) is 24.9 Å². The Labute approximate surface area is 169 Å². The number of amides is 3. The third-order valence-electron chi connectivity index (χ3n) is 5.18. The summed E-state index contributed by atoms with van der Waals surface area (Å²) in [5, 5.41) is 3.31. The van der Waals surface area contributed by atoms with E-state index in [2.05, 4.69) is 15.3 Å². The van der Waals surface area contributed by atoms with Crippen molar-refractivity contribution in [1.29, 1.82) is 0 Å². The highest BCUT2D eigenvalue weighted by Crippen LogP contribution is 2.20. The summed E-state index contributed by atoms with van der Waals surface area (Å²) in [6.07, 6.45) is 3.50. The van der Waals surface area contributed by atoms with Crippen LogP contribution >= 0.6 is 0 Å². The number of urea groups is 1. The third-order valence-corrected chi connectivity index (χ3v) is 5.18. The minimum Gasteiger partial charge on any atom is -0.270 e. The average molecular weight is 391 g/mol. The average Bonchev–Trinajstić information content (AvgIpc) is 3.10.